The Morgan fingerprint density at radius 3 is 2.25 bits per heavy atom. The van der Waals surface area contributed by atoms with Gasteiger partial charge in [-0.15, -0.1) is 0 Å². The first kappa shape index (κ1) is 16.9. The van der Waals surface area contributed by atoms with E-state index in [2.05, 4.69) is 6.92 Å². The molecule has 1 aromatic carbocycles. The van der Waals surface area contributed by atoms with Crippen molar-refractivity contribution in [1.29, 1.82) is 0 Å². The highest BCUT2D eigenvalue weighted by Crippen LogP contribution is 2.36. The number of phenolic OH excluding ortho intramolecular Hbond substituents is 1. The number of hydrogen-bond acceptors (Lipinski definition) is 2. The van der Waals surface area contributed by atoms with Crippen LogP contribution in [0.2, 0.25) is 10.0 Å². The summed E-state index contributed by atoms with van der Waals surface area (Å²) >= 11 is 11.2. The second kappa shape index (κ2) is 8.22. The number of phenols is 1. The van der Waals surface area contributed by atoms with E-state index in [0.29, 0.717) is 0 Å². The number of nitrogens with one attached hydrogen (secondary N) is 1. The Balaban J connectivity index is 0.000000240. The highest BCUT2D eigenvalue weighted by molar-refractivity contribution is 6.44. The molecule has 1 fully saturated rings. The van der Waals surface area contributed by atoms with E-state index in [1.54, 1.807) is 0 Å². The molecule has 0 bridgehead atoms. The molecule has 0 unspecified atom stereocenters. The molecule has 1 aromatic rings. The van der Waals surface area contributed by atoms with Crippen LogP contribution in [0.1, 0.15) is 39.0 Å². The van der Waals surface area contributed by atoms with Crippen molar-refractivity contribution in [1.82, 2.24) is 0 Å². The van der Waals surface area contributed by atoms with Gasteiger partial charge in [0.1, 0.15) is 10.8 Å². The van der Waals surface area contributed by atoms with Crippen LogP contribution in [0.25, 0.3) is 0 Å². The molecular weight excluding hydrogens is 301 g/mol. The molecule has 0 radical (unpaired) electrons. The molecule has 0 atom stereocenters. The Kier molecular flexibility index (Phi) is 6.96. The topological polar surface area (TPSA) is 69.6 Å². The number of rotatable bonds is 1. The second-order valence-electron chi connectivity index (χ2n) is 4.93. The van der Waals surface area contributed by atoms with E-state index in [-0.39, 0.29) is 21.5 Å². The van der Waals surface area contributed by atoms with Crippen LogP contribution in [-0.2, 0) is 0 Å². The average Bonchev–Trinajstić information content (AvgIpc) is 2.41. The first-order chi connectivity index (χ1) is 9.41. The third-order valence-electron chi connectivity index (χ3n) is 3.20. The van der Waals surface area contributed by atoms with E-state index in [9.17, 15) is 4.79 Å². The maximum absolute atomic E-state index is 10.2. The molecule has 20 heavy (non-hydrogen) atoms. The van der Waals surface area contributed by atoms with Gasteiger partial charge in [-0.2, -0.15) is 0 Å². The van der Waals surface area contributed by atoms with Crippen LogP contribution in [0.4, 0.5) is 10.5 Å². The summed E-state index contributed by atoms with van der Waals surface area (Å²) in [6.07, 6.45) is 6.19. The van der Waals surface area contributed by atoms with E-state index in [1.165, 1.54) is 44.2 Å². The number of aromatic hydroxyl groups is 1. The molecule has 3 N–H and O–H groups in total. The molecule has 1 amide bonds. The van der Waals surface area contributed by atoms with Gasteiger partial charge in [-0.3, -0.25) is 5.32 Å². The molecule has 6 heteroatoms. The van der Waals surface area contributed by atoms with Crippen LogP contribution >= 0.6 is 23.2 Å². The van der Waals surface area contributed by atoms with E-state index < -0.39 is 6.09 Å². The minimum atomic E-state index is -1.25. The van der Waals surface area contributed by atoms with Crippen molar-refractivity contribution < 1.29 is 15.0 Å². The minimum Gasteiger partial charge on any atom is -0.506 e. The van der Waals surface area contributed by atoms with E-state index in [1.807, 2.05) is 5.32 Å². The monoisotopic (exact) mass is 319 g/mol. The highest BCUT2D eigenvalue weighted by atomic mass is 35.5. The molecule has 2 rings (SSSR count). The number of carboxylic acid groups (broad SMARTS) is 1. The van der Waals surface area contributed by atoms with Crippen molar-refractivity contribution in [3.8, 4) is 5.75 Å². The molecule has 0 saturated heterocycles. The Bertz CT molecular complexity index is 460. The number of amides is 1. The average molecular weight is 320 g/mol. The quantitative estimate of drug-likeness (QED) is 0.609. The van der Waals surface area contributed by atoms with Crippen molar-refractivity contribution in [3.05, 3.63) is 22.2 Å². The van der Waals surface area contributed by atoms with Crippen LogP contribution < -0.4 is 5.32 Å². The van der Waals surface area contributed by atoms with Crippen LogP contribution in [-0.4, -0.2) is 16.3 Å². The first-order valence-corrected chi connectivity index (χ1v) is 7.34. The molecule has 112 valence electrons. The predicted molar refractivity (Wildman–Crippen MR) is 82.0 cm³/mol. The molecule has 1 aliphatic carbocycles. The van der Waals surface area contributed by atoms with Gasteiger partial charge in [0.15, 0.2) is 0 Å². The van der Waals surface area contributed by atoms with Crippen molar-refractivity contribution in [2.45, 2.75) is 39.0 Å². The van der Waals surface area contributed by atoms with Crippen LogP contribution in [0.5, 0.6) is 5.75 Å². The molecule has 0 aromatic heterocycles. The van der Waals surface area contributed by atoms with Gasteiger partial charge >= 0.3 is 6.09 Å². The van der Waals surface area contributed by atoms with Gasteiger partial charge in [0.05, 0.1) is 10.7 Å². The third kappa shape index (κ3) is 5.47. The second-order valence-corrected chi connectivity index (χ2v) is 5.69. The van der Waals surface area contributed by atoms with Crippen molar-refractivity contribution in [2.75, 3.05) is 5.32 Å². The van der Waals surface area contributed by atoms with Gasteiger partial charge in [0, 0.05) is 0 Å². The fourth-order valence-electron chi connectivity index (χ4n) is 2.06. The highest BCUT2D eigenvalue weighted by Gasteiger charge is 2.10. The Morgan fingerprint density at radius 2 is 1.80 bits per heavy atom. The van der Waals surface area contributed by atoms with Crippen LogP contribution in [0.3, 0.4) is 0 Å². The van der Waals surface area contributed by atoms with Crippen LogP contribution in [0, 0.1) is 5.92 Å². The molecule has 4 nitrogen and oxygen atoms in total. The third-order valence-corrected chi connectivity index (χ3v) is 4.07. The molecule has 0 aliphatic heterocycles. The summed E-state index contributed by atoms with van der Waals surface area (Å²) in [5.41, 5.74) is 0.136. The lowest BCUT2D eigenvalue weighted by molar-refractivity contribution is 0.209. The Morgan fingerprint density at radius 1 is 1.20 bits per heavy atom. The lowest BCUT2D eigenvalue weighted by atomic mass is 9.91. The molecule has 0 spiro atoms. The minimum absolute atomic E-state index is 0.0240. The maximum Gasteiger partial charge on any atom is 0.409 e. The fraction of sp³-hybridized carbons (Fsp3) is 0.500. The van der Waals surface area contributed by atoms with E-state index in [4.69, 9.17) is 33.4 Å². The summed E-state index contributed by atoms with van der Waals surface area (Å²) in [5.74, 6) is 0.844. The summed E-state index contributed by atoms with van der Waals surface area (Å²) in [6.45, 7) is 2.36. The van der Waals surface area contributed by atoms with E-state index in [0.717, 1.165) is 5.92 Å². The summed E-state index contributed by atoms with van der Waals surface area (Å²) < 4.78 is 0. The van der Waals surface area contributed by atoms with Gasteiger partial charge in [0.25, 0.3) is 0 Å². The lowest BCUT2D eigenvalue weighted by Gasteiger charge is -2.15. The molecular formula is C14H19Cl2NO3. The molecule has 0 heterocycles. The SMILES string of the molecule is CC1CCCCC1.O=C(O)Nc1ccc(O)c(Cl)c1Cl. The van der Waals surface area contributed by atoms with Crippen molar-refractivity contribution >= 4 is 35.0 Å². The Labute approximate surface area is 128 Å². The zero-order chi connectivity index (χ0) is 15.1. The lowest BCUT2D eigenvalue weighted by Crippen LogP contribution is -2.07. The summed E-state index contributed by atoms with van der Waals surface area (Å²) in [6, 6.07) is 2.57. The normalized spacial score (nSPS) is 15.2. The summed E-state index contributed by atoms with van der Waals surface area (Å²) in [4.78, 5) is 10.2. The summed E-state index contributed by atoms with van der Waals surface area (Å²) in [5, 5.41) is 19.4. The number of anilines is 1. The van der Waals surface area contributed by atoms with Gasteiger partial charge < -0.3 is 10.2 Å². The smallest absolute Gasteiger partial charge is 0.409 e. The molecule has 1 aliphatic rings. The molecule has 1 saturated carbocycles. The number of carbonyl (C=O) groups is 1. The van der Waals surface area contributed by atoms with Gasteiger partial charge in [-0.25, -0.2) is 4.79 Å². The Hall–Kier alpha value is -1.13. The van der Waals surface area contributed by atoms with Crippen molar-refractivity contribution in [3.63, 3.8) is 0 Å². The number of halogens is 2. The van der Waals surface area contributed by atoms with Crippen LogP contribution in [0.15, 0.2) is 12.1 Å². The largest absolute Gasteiger partial charge is 0.506 e. The number of benzene rings is 1. The zero-order valence-electron chi connectivity index (χ0n) is 11.3. The number of hydrogen-bond donors (Lipinski definition) is 3. The zero-order valence-corrected chi connectivity index (χ0v) is 12.8. The van der Waals surface area contributed by atoms with E-state index >= 15 is 0 Å². The fourth-order valence-corrected chi connectivity index (χ4v) is 2.43. The summed E-state index contributed by atoms with van der Waals surface area (Å²) in [7, 11) is 0. The van der Waals surface area contributed by atoms with Gasteiger partial charge in [-0.05, 0) is 18.1 Å². The van der Waals surface area contributed by atoms with Crippen molar-refractivity contribution in [2.24, 2.45) is 5.92 Å². The first-order valence-electron chi connectivity index (χ1n) is 6.58. The van der Waals surface area contributed by atoms with Gasteiger partial charge in [0.2, 0.25) is 0 Å². The van der Waals surface area contributed by atoms with Gasteiger partial charge in [-0.1, -0.05) is 62.2 Å². The maximum atomic E-state index is 10.2. The predicted octanol–water partition coefficient (Wildman–Crippen LogP) is 5.38. The standard InChI is InChI=1S/C7H5Cl2NO3.C7H14/c8-5-3(10-7(12)13)1-2-4(11)6(5)9;1-7-5-3-2-4-6-7/h1-2,10-11H,(H,12,13);7H,2-6H2,1H3.